The zero-order valence-corrected chi connectivity index (χ0v) is 15.3. The Balaban J connectivity index is 1.89. The number of carbonyl (C=O) groups excluding carboxylic acids is 4. The number of hydrogen-bond donors (Lipinski definition) is 2. The molecule has 0 bridgehead atoms. The van der Waals surface area contributed by atoms with Crippen LogP contribution in [0.2, 0.25) is 0 Å². The summed E-state index contributed by atoms with van der Waals surface area (Å²) in [6.07, 6.45) is 2.22. The van der Waals surface area contributed by atoms with Crippen LogP contribution in [0.3, 0.4) is 0 Å². The van der Waals surface area contributed by atoms with Gasteiger partial charge >= 0.3 is 12.0 Å². The van der Waals surface area contributed by atoms with E-state index in [1.165, 1.54) is 29.8 Å². The van der Waals surface area contributed by atoms with Gasteiger partial charge in [-0.3, -0.25) is 14.9 Å². The van der Waals surface area contributed by atoms with Crippen molar-refractivity contribution in [2.45, 2.75) is 31.7 Å². The molecule has 1 aromatic rings. The van der Waals surface area contributed by atoms with Crippen molar-refractivity contribution in [3.8, 4) is 0 Å². The number of nitrogens with one attached hydrogen (secondary N) is 2. The quantitative estimate of drug-likeness (QED) is 0.704. The SMILES string of the molecule is CCCNC(=O)NC(=O)COC(=O)[C@H]1CS[C@@H](c2ccco2)N1C(C)=O. The molecule has 2 heterocycles. The number of ether oxygens (including phenoxy) is 1. The molecule has 10 heteroatoms. The summed E-state index contributed by atoms with van der Waals surface area (Å²) in [5.41, 5.74) is 0. The summed E-state index contributed by atoms with van der Waals surface area (Å²) in [7, 11) is 0. The first-order valence-corrected chi connectivity index (χ1v) is 9.17. The molecule has 1 fully saturated rings. The molecule has 142 valence electrons. The highest BCUT2D eigenvalue weighted by molar-refractivity contribution is 7.99. The summed E-state index contributed by atoms with van der Waals surface area (Å²) in [4.78, 5) is 48.7. The number of urea groups is 1. The van der Waals surface area contributed by atoms with Gasteiger partial charge in [-0.05, 0) is 18.6 Å². The molecule has 0 radical (unpaired) electrons. The molecule has 0 saturated carbocycles. The number of esters is 1. The van der Waals surface area contributed by atoms with E-state index in [-0.39, 0.29) is 5.91 Å². The Morgan fingerprint density at radius 3 is 2.77 bits per heavy atom. The van der Waals surface area contributed by atoms with Crippen LogP contribution in [0.5, 0.6) is 0 Å². The van der Waals surface area contributed by atoms with Crippen molar-refractivity contribution in [3.05, 3.63) is 24.2 Å². The van der Waals surface area contributed by atoms with Gasteiger partial charge in [0.05, 0.1) is 6.26 Å². The van der Waals surface area contributed by atoms with Crippen molar-refractivity contribution in [2.75, 3.05) is 18.9 Å². The standard InChI is InChI=1S/C16H21N3O6S/c1-3-6-17-16(23)18-13(21)8-25-15(22)11-9-26-14(19(11)10(2)20)12-5-4-7-24-12/h4-5,7,11,14H,3,6,8-9H2,1-2H3,(H2,17,18,21,23)/t11-,14+/m1/s1. The van der Waals surface area contributed by atoms with E-state index >= 15 is 0 Å². The Morgan fingerprint density at radius 2 is 2.15 bits per heavy atom. The number of thioether (sulfide) groups is 1. The Labute approximate surface area is 154 Å². The van der Waals surface area contributed by atoms with Gasteiger partial charge in [0.1, 0.15) is 17.2 Å². The van der Waals surface area contributed by atoms with Crippen LogP contribution in [-0.4, -0.2) is 53.7 Å². The maximum absolute atomic E-state index is 12.3. The molecule has 0 spiro atoms. The first-order valence-electron chi connectivity index (χ1n) is 8.12. The van der Waals surface area contributed by atoms with Crippen LogP contribution in [0.1, 0.15) is 31.4 Å². The van der Waals surface area contributed by atoms with Crippen LogP contribution in [-0.2, 0) is 19.1 Å². The molecule has 1 aliphatic heterocycles. The van der Waals surface area contributed by atoms with Crippen LogP contribution in [0.25, 0.3) is 0 Å². The maximum atomic E-state index is 12.3. The first-order chi connectivity index (χ1) is 12.4. The first kappa shape index (κ1) is 19.8. The fourth-order valence-electron chi connectivity index (χ4n) is 2.40. The van der Waals surface area contributed by atoms with E-state index in [9.17, 15) is 19.2 Å². The van der Waals surface area contributed by atoms with Gasteiger partial charge in [-0.1, -0.05) is 6.92 Å². The molecule has 1 aromatic heterocycles. The molecule has 2 atom stereocenters. The second-order valence-electron chi connectivity index (χ2n) is 5.55. The normalized spacial score (nSPS) is 19.1. The summed E-state index contributed by atoms with van der Waals surface area (Å²) < 4.78 is 10.3. The van der Waals surface area contributed by atoms with E-state index < -0.39 is 35.9 Å². The van der Waals surface area contributed by atoms with Crippen molar-refractivity contribution < 1.29 is 28.3 Å². The average Bonchev–Trinajstić information content (AvgIpc) is 3.26. The summed E-state index contributed by atoms with van der Waals surface area (Å²) >= 11 is 1.37. The third kappa shape index (κ3) is 5.01. The molecule has 0 aromatic carbocycles. The monoisotopic (exact) mass is 383 g/mol. The number of rotatable bonds is 6. The lowest BCUT2D eigenvalue weighted by Gasteiger charge is -2.25. The topological polar surface area (TPSA) is 118 Å². The van der Waals surface area contributed by atoms with Crippen LogP contribution >= 0.6 is 11.8 Å². The lowest BCUT2D eigenvalue weighted by Crippen LogP contribution is -2.45. The van der Waals surface area contributed by atoms with E-state index in [1.807, 2.05) is 6.92 Å². The number of carbonyl (C=O) groups is 4. The summed E-state index contributed by atoms with van der Waals surface area (Å²) in [5, 5.41) is 4.11. The number of amides is 4. The summed E-state index contributed by atoms with van der Waals surface area (Å²) in [6.45, 7) is 3.06. The minimum atomic E-state index is -0.825. The smallest absolute Gasteiger partial charge is 0.330 e. The minimum Gasteiger partial charge on any atom is -0.466 e. The Bertz CT molecular complexity index is 663. The summed E-state index contributed by atoms with van der Waals surface area (Å²) in [5.74, 6) is -0.865. The molecular weight excluding hydrogens is 362 g/mol. The van der Waals surface area contributed by atoms with Crippen molar-refractivity contribution in [1.29, 1.82) is 0 Å². The number of furan rings is 1. The van der Waals surface area contributed by atoms with Gasteiger partial charge in [0.25, 0.3) is 5.91 Å². The highest BCUT2D eigenvalue weighted by Gasteiger charge is 2.43. The van der Waals surface area contributed by atoms with Crippen LogP contribution in [0.15, 0.2) is 22.8 Å². The van der Waals surface area contributed by atoms with Crippen LogP contribution in [0.4, 0.5) is 4.79 Å². The molecule has 1 aliphatic rings. The molecule has 26 heavy (non-hydrogen) atoms. The third-order valence-corrected chi connectivity index (χ3v) is 4.84. The lowest BCUT2D eigenvalue weighted by atomic mass is 10.2. The third-order valence-electron chi connectivity index (χ3n) is 3.56. The Morgan fingerprint density at radius 1 is 1.38 bits per heavy atom. The second kappa shape index (κ2) is 9.27. The Hall–Kier alpha value is -2.49. The fourth-order valence-corrected chi connectivity index (χ4v) is 3.82. The number of hydrogen-bond acceptors (Lipinski definition) is 7. The zero-order valence-electron chi connectivity index (χ0n) is 14.5. The van der Waals surface area contributed by atoms with Gasteiger partial charge in [0.2, 0.25) is 5.91 Å². The molecule has 0 aliphatic carbocycles. The Kier molecular flexibility index (Phi) is 7.07. The second-order valence-corrected chi connectivity index (χ2v) is 6.67. The fraction of sp³-hybridized carbons (Fsp3) is 0.500. The highest BCUT2D eigenvalue weighted by Crippen LogP contribution is 2.41. The van der Waals surface area contributed by atoms with Crippen molar-refractivity contribution in [1.82, 2.24) is 15.5 Å². The predicted octanol–water partition coefficient (Wildman–Crippen LogP) is 1.02. The molecule has 0 unspecified atom stereocenters. The zero-order chi connectivity index (χ0) is 19.1. The minimum absolute atomic E-state index is 0.304. The average molecular weight is 383 g/mol. The van der Waals surface area contributed by atoms with E-state index in [4.69, 9.17) is 9.15 Å². The van der Waals surface area contributed by atoms with E-state index in [1.54, 1.807) is 12.1 Å². The maximum Gasteiger partial charge on any atom is 0.330 e. The largest absolute Gasteiger partial charge is 0.466 e. The summed E-state index contributed by atoms with van der Waals surface area (Å²) in [6, 6.07) is 1.96. The molecule has 1 saturated heterocycles. The predicted molar refractivity (Wildman–Crippen MR) is 93.0 cm³/mol. The molecule has 4 amide bonds. The molecular formula is C16H21N3O6S. The van der Waals surface area contributed by atoms with E-state index in [0.717, 1.165) is 6.42 Å². The van der Waals surface area contributed by atoms with E-state index in [2.05, 4.69) is 10.6 Å². The number of imide groups is 1. The highest BCUT2D eigenvalue weighted by atomic mass is 32.2. The van der Waals surface area contributed by atoms with Crippen LogP contribution in [0, 0.1) is 0 Å². The molecule has 2 N–H and O–H groups in total. The van der Waals surface area contributed by atoms with Crippen molar-refractivity contribution in [3.63, 3.8) is 0 Å². The van der Waals surface area contributed by atoms with Gasteiger partial charge < -0.3 is 19.4 Å². The van der Waals surface area contributed by atoms with Gasteiger partial charge in [0.15, 0.2) is 6.61 Å². The van der Waals surface area contributed by atoms with Gasteiger partial charge in [-0.25, -0.2) is 9.59 Å². The van der Waals surface area contributed by atoms with Crippen molar-refractivity contribution >= 4 is 35.6 Å². The molecule has 2 rings (SSSR count). The van der Waals surface area contributed by atoms with Crippen molar-refractivity contribution in [2.24, 2.45) is 0 Å². The van der Waals surface area contributed by atoms with Crippen LogP contribution < -0.4 is 10.6 Å². The lowest BCUT2D eigenvalue weighted by molar-refractivity contribution is -0.156. The van der Waals surface area contributed by atoms with Gasteiger partial charge in [0, 0.05) is 19.2 Å². The molecule has 9 nitrogen and oxygen atoms in total. The van der Waals surface area contributed by atoms with Gasteiger partial charge in [-0.15, -0.1) is 11.8 Å². The number of nitrogens with zero attached hydrogens (tertiary/aromatic N) is 1. The van der Waals surface area contributed by atoms with E-state index in [0.29, 0.717) is 18.1 Å². The van der Waals surface area contributed by atoms with Gasteiger partial charge in [-0.2, -0.15) is 0 Å².